The number of methoxy groups -OCH3 is 1. The van der Waals surface area contributed by atoms with Crippen LogP contribution in [0.5, 0.6) is 5.75 Å². The average Bonchev–Trinajstić information content (AvgIpc) is 2.32. The van der Waals surface area contributed by atoms with E-state index < -0.39 is 5.66 Å². The number of benzene rings is 1. The minimum absolute atomic E-state index is 0.177. The second kappa shape index (κ2) is 4.92. The smallest absolute Gasteiger partial charge is 0.122 e. The number of hydrogen-bond acceptors (Lipinski definition) is 3. The third kappa shape index (κ3) is 2.53. The molecule has 0 radical (unpaired) electrons. The van der Waals surface area contributed by atoms with Crippen LogP contribution in [0.1, 0.15) is 18.4 Å². The van der Waals surface area contributed by atoms with Gasteiger partial charge in [-0.3, -0.25) is 4.99 Å². The summed E-state index contributed by atoms with van der Waals surface area (Å²) >= 11 is 12.0. The van der Waals surface area contributed by atoms with Crippen molar-refractivity contribution >= 4 is 29.4 Å². The molecule has 0 aliphatic carbocycles. The van der Waals surface area contributed by atoms with E-state index in [1.807, 2.05) is 25.1 Å². The highest BCUT2D eigenvalue weighted by atomic mass is 35.5. The van der Waals surface area contributed by atoms with Crippen LogP contribution in [0.4, 0.5) is 0 Å². The molecule has 18 heavy (non-hydrogen) atoms. The van der Waals surface area contributed by atoms with Gasteiger partial charge in [-0.2, -0.15) is 0 Å². The zero-order valence-electron chi connectivity index (χ0n) is 10.2. The van der Waals surface area contributed by atoms with Crippen molar-refractivity contribution in [3.8, 4) is 5.75 Å². The van der Waals surface area contributed by atoms with Crippen molar-refractivity contribution in [2.45, 2.75) is 18.5 Å². The quantitative estimate of drug-likeness (QED) is 0.906. The van der Waals surface area contributed by atoms with E-state index in [4.69, 9.17) is 33.7 Å². The molecule has 2 N–H and O–H groups in total. The molecule has 2 rings (SSSR count). The van der Waals surface area contributed by atoms with Gasteiger partial charge < -0.3 is 10.5 Å². The second-order valence-electron chi connectivity index (χ2n) is 4.40. The van der Waals surface area contributed by atoms with Crippen LogP contribution in [0.3, 0.4) is 0 Å². The number of dihydropyridines is 1. The number of aliphatic imine (C=N–C) groups is 1. The lowest BCUT2D eigenvalue weighted by atomic mass is 9.85. The van der Waals surface area contributed by atoms with Gasteiger partial charge in [-0.1, -0.05) is 29.3 Å². The lowest BCUT2D eigenvalue weighted by Crippen LogP contribution is -2.41. The van der Waals surface area contributed by atoms with Crippen molar-refractivity contribution in [1.29, 1.82) is 0 Å². The van der Waals surface area contributed by atoms with Crippen molar-refractivity contribution in [2.75, 3.05) is 7.11 Å². The number of nitrogens with two attached hydrogens (primary N) is 1. The lowest BCUT2D eigenvalue weighted by molar-refractivity contribution is 0.387. The largest absolute Gasteiger partial charge is 0.496 e. The molecule has 0 fully saturated rings. The number of halogens is 2. The topological polar surface area (TPSA) is 47.6 Å². The molecule has 96 valence electrons. The van der Waals surface area contributed by atoms with Gasteiger partial charge in [0, 0.05) is 22.7 Å². The summed E-state index contributed by atoms with van der Waals surface area (Å²) in [5, 5.41) is 1.19. The Hall–Kier alpha value is -1.03. The highest BCUT2D eigenvalue weighted by Gasteiger charge is 2.33. The predicted octanol–water partition coefficient (Wildman–Crippen LogP) is 3.31. The van der Waals surface area contributed by atoms with Crippen molar-refractivity contribution in [3.63, 3.8) is 0 Å². The SMILES string of the molecule is COc1ccc(Cl)cc1C1C=C(Cl)C=NC1(C)N. The summed E-state index contributed by atoms with van der Waals surface area (Å²) in [7, 11) is 1.61. The van der Waals surface area contributed by atoms with Gasteiger partial charge in [0.25, 0.3) is 0 Å². The fourth-order valence-corrected chi connectivity index (χ4v) is 2.36. The van der Waals surface area contributed by atoms with Crippen molar-refractivity contribution in [2.24, 2.45) is 10.7 Å². The summed E-state index contributed by atoms with van der Waals surface area (Å²) in [6.07, 6.45) is 3.43. The lowest BCUT2D eigenvalue weighted by Gasteiger charge is -2.32. The first kappa shape index (κ1) is 13.4. The highest BCUT2D eigenvalue weighted by Crippen LogP contribution is 2.39. The third-order valence-corrected chi connectivity index (χ3v) is 3.41. The molecule has 5 heteroatoms. The summed E-state index contributed by atoms with van der Waals surface area (Å²) < 4.78 is 5.34. The van der Waals surface area contributed by atoms with Gasteiger partial charge in [-0.25, -0.2) is 0 Å². The van der Waals surface area contributed by atoms with Crippen molar-refractivity contribution in [3.05, 3.63) is 39.9 Å². The number of allylic oxidation sites excluding steroid dienone is 1. The standard InChI is InChI=1S/C13H14Cl2N2O/c1-13(16)11(6-9(15)7-17-13)10-5-8(14)3-4-12(10)18-2/h3-7,11H,16H2,1-2H3. The molecule has 2 unspecified atom stereocenters. The average molecular weight is 285 g/mol. The van der Waals surface area contributed by atoms with Crippen LogP contribution < -0.4 is 10.5 Å². The Balaban J connectivity index is 2.53. The molecule has 0 saturated heterocycles. The number of rotatable bonds is 2. The maximum atomic E-state index is 6.19. The maximum Gasteiger partial charge on any atom is 0.122 e. The van der Waals surface area contributed by atoms with E-state index in [0.29, 0.717) is 10.1 Å². The van der Waals surface area contributed by atoms with E-state index >= 15 is 0 Å². The van der Waals surface area contributed by atoms with Gasteiger partial charge in [-0.05, 0) is 25.1 Å². The van der Waals surface area contributed by atoms with Crippen LogP contribution >= 0.6 is 23.2 Å². The highest BCUT2D eigenvalue weighted by molar-refractivity contribution is 6.39. The number of ether oxygens (including phenoxy) is 1. The van der Waals surface area contributed by atoms with Crippen LogP contribution in [-0.4, -0.2) is 19.0 Å². The molecule has 1 aromatic carbocycles. The Morgan fingerprint density at radius 2 is 2.11 bits per heavy atom. The summed E-state index contributed by atoms with van der Waals surface area (Å²) in [4.78, 5) is 4.26. The molecule has 0 saturated carbocycles. The fourth-order valence-electron chi connectivity index (χ4n) is 2.00. The molecule has 0 aromatic heterocycles. The van der Waals surface area contributed by atoms with Gasteiger partial charge in [0.2, 0.25) is 0 Å². The molecule has 0 bridgehead atoms. The van der Waals surface area contributed by atoms with Crippen molar-refractivity contribution in [1.82, 2.24) is 0 Å². The first-order valence-corrected chi connectivity index (χ1v) is 6.24. The molecule has 1 aliphatic rings. The van der Waals surface area contributed by atoms with Gasteiger partial charge >= 0.3 is 0 Å². The Bertz CT molecular complexity index is 524. The van der Waals surface area contributed by atoms with E-state index in [9.17, 15) is 0 Å². The Morgan fingerprint density at radius 1 is 1.39 bits per heavy atom. The van der Waals surface area contributed by atoms with Crippen LogP contribution in [0.25, 0.3) is 0 Å². The third-order valence-electron chi connectivity index (χ3n) is 2.95. The number of nitrogens with zero attached hydrogens (tertiary/aromatic N) is 1. The molecule has 1 aromatic rings. The van der Waals surface area contributed by atoms with Crippen LogP contribution in [-0.2, 0) is 0 Å². The molecule has 1 heterocycles. The van der Waals surface area contributed by atoms with Gasteiger partial charge in [0.05, 0.1) is 12.1 Å². The predicted molar refractivity (Wildman–Crippen MR) is 75.8 cm³/mol. The molecule has 3 nitrogen and oxygen atoms in total. The second-order valence-corrected chi connectivity index (χ2v) is 5.27. The van der Waals surface area contributed by atoms with E-state index in [2.05, 4.69) is 4.99 Å². The van der Waals surface area contributed by atoms with Crippen molar-refractivity contribution < 1.29 is 4.74 Å². The number of hydrogen-bond donors (Lipinski definition) is 1. The van der Waals surface area contributed by atoms with Crippen LogP contribution in [0.15, 0.2) is 34.3 Å². The summed E-state index contributed by atoms with van der Waals surface area (Å²) in [6.45, 7) is 1.84. The Kier molecular flexibility index (Phi) is 3.66. The maximum absolute atomic E-state index is 6.19. The Labute approximate surface area is 116 Å². The molecule has 0 amide bonds. The summed E-state index contributed by atoms with van der Waals surface area (Å²) in [5.41, 5.74) is 6.30. The van der Waals surface area contributed by atoms with Gasteiger partial charge in [-0.15, -0.1) is 0 Å². The molecular weight excluding hydrogens is 271 g/mol. The first-order valence-electron chi connectivity index (χ1n) is 5.49. The van der Waals surface area contributed by atoms with Gasteiger partial charge in [0.15, 0.2) is 0 Å². The van der Waals surface area contributed by atoms with Crippen LogP contribution in [0, 0.1) is 0 Å². The zero-order valence-corrected chi connectivity index (χ0v) is 11.7. The monoisotopic (exact) mass is 284 g/mol. The minimum atomic E-state index is -0.768. The van der Waals surface area contributed by atoms with E-state index in [1.54, 1.807) is 19.4 Å². The van der Waals surface area contributed by atoms with E-state index in [0.717, 1.165) is 11.3 Å². The summed E-state index contributed by atoms with van der Waals surface area (Å²) in [6, 6.07) is 5.42. The molecular formula is C13H14Cl2N2O. The summed E-state index contributed by atoms with van der Waals surface area (Å²) in [5.74, 6) is 0.544. The van der Waals surface area contributed by atoms with E-state index in [-0.39, 0.29) is 5.92 Å². The van der Waals surface area contributed by atoms with Crippen LogP contribution in [0.2, 0.25) is 5.02 Å². The Morgan fingerprint density at radius 3 is 2.78 bits per heavy atom. The molecule has 0 spiro atoms. The van der Waals surface area contributed by atoms with Gasteiger partial charge in [0.1, 0.15) is 11.4 Å². The van der Waals surface area contributed by atoms with E-state index in [1.165, 1.54) is 0 Å². The normalized spacial score (nSPS) is 26.9. The minimum Gasteiger partial charge on any atom is -0.496 e. The fraction of sp³-hybridized carbons (Fsp3) is 0.308. The molecule has 1 aliphatic heterocycles. The molecule has 2 atom stereocenters. The first-order chi connectivity index (χ1) is 8.44. The zero-order chi connectivity index (χ0) is 13.3.